The van der Waals surface area contributed by atoms with E-state index in [1.165, 1.54) is 17.8 Å². The van der Waals surface area contributed by atoms with Crippen LogP contribution in [-0.2, 0) is 16.4 Å². The number of aliphatic imine (C=N–C) groups is 1. The fraction of sp³-hybridized carbons (Fsp3) is 0.350. The van der Waals surface area contributed by atoms with Gasteiger partial charge in [0, 0.05) is 16.5 Å². The molecule has 2 aromatic carbocycles. The predicted octanol–water partition coefficient (Wildman–Crippen LogP) is 3.72. The Hall–Kier alpha value is -1.86. The summed E-state index contributed by atoms with van der Waals surface area (Å²) >= 11 is 1.50. The van der Waals surface area contributed by atoms with Crippen LogP contribution < -0.4 is 4.90 Å². The van der Waals surface area contributed by atoms with Crippen molar-refractivity contribution < 1.29 is 12.8 Å². The van der Waals surface area contributed by atoms with Crippen molar-refractivity contribution >= 4 is 32.5 Å². The molecule has 4 rings (SSSR count). The lowest BCUT2D eigenvalue weighted by Gasteiger charge is -2.26. The molecule has 2 aliphatic heterocycles. The summed E-state index contributed by atoms with van der Waals surface area (Å²) in [6, 6.07) is 12.7. The number of benzene rings is 2. The summed E-state index contributed by atoms with van der Waals surface area (Å²) in [6.45, 7) is 4.42. The number of hydrogen-bond donors (Lipinski definition) is 0. The van der Waals surface area contributed by atoms with Gasteiger partial charge in [-0.1, -0.05) is 36.0 Å². The topological polar surface area (TPSA) is 49.7 Å². The van der Waals surface area contributed by atoms with Crippen LogP contribution in [0.15, 0.2) is 47.5 Å². The molecule has 4 nitrogen and oxygen atoms in total. The average Bonchev–Trinajstić information content (AvgIpc) is 3.06. The van der Waals surface area contributed by atoms with Crippen LogP contribution in [0.5, 0.6) is 0 Å². The normalized spacial score (nSPS) is 23.1. The van der Waals surface area contributed by atoms with Crippen molar-refractivity contribution in [1.29, 1.82) is 0 Å². The zero-order valence-electron chi connectivity index (χ0n) is 15.2. The minimum absolute atomic E-state index is 0.0426. The highest BCUT2D eigenvalue weighted by atomic mass is 32.2. The molecular weight excluding hydrogens is 383 g/mol. The molecule has 2 heterocycles. The lowest BCUT2D eigenvalue weighted by molar-refractivity contribution is 0.601. The van der Waals surface area contributed by atoms with E-state index in [2.05, 4.69) is 18.2 Å². The lowest BCUT2D eigenvalue weighted by Crippen LogP contribution is -2.28. The van der Waals surface area contributed by atoms with E-state index in [-0.39, 0.29) is 28.6 Å². The van der Waals surface area contributed by atoms with Gasteiger partial charge in [-0.15, -0.1) is 0 Å². The van der Waals surface area contributed by atoms with Crippen LogP contribution in [0.2, 0.25) is 0 Å². The fourth-order valence-corrected chi connectivity index (χ4v) is 7.42. The van der Waals surface area contributed by atoms with Gasteiger partial charge in [-0.05, 0) is 43.2 Å². The van der Waals surface area contributed by atoms with E-state index in [9.17, 15) is 12.8 Å². The molecule has 0 aromatic heterocycles. The average molecular weight is 405 g/mol. The standard InChI is InChI=1S/C20H21FN2O2S2/c1-13-7-14(2)9-16(8-13)23(10-15-5-3-4-6-17(15)21)20-22-18-11-27(24,25)12-19(18)26-20/h3-9,18-19H,10-12H2,1-2H3/t18-,19-/m0/s1. The molecule has 2 aliphatic rings. The second kappa shape index (κ2) is 6.95. The number of anilines is 1. The van der Waals surface area contributed by atoms with Crippen molar-refractivity contribution in [1.82, 2.24) is 0 Å². The number of halogens is 1. The monoisotopic (exact) mass is 404 g/mol. The summed E-state index contributed by atoms with van der Waals surface area (Å²) in [6.07, 6.45) is 0. The van der Waals surface area contributed by atoms with E-state index >= 15 is 0 Å². The van der Waals surface area contributed by atoms with Gasteiger partial charge in [-0.2, -0.15) is 0 Å². The number of amidine groups is 1. The molecular formula is C20H21FN2O2S2. The molecule has 2 aromatic rings. The van der Waals surface area contributed by atoms with Crippen LogP contribution in [0, 0.1) is 19.7 Å². The zero-order valence-corrected chi connectivity index (χ0v) is 16.9. The Morgan fingerprint density at radius 2 is 1.85 bits per heavy atom. The van der Waals surface area contributed by atoms with Crippen LogP contribution in [0.25, 0.3) is 0 Å². The van der Waals surface area contributed by atoms with Crippen LogP contribution in [0.4, 0.5) is 10.1 Å². The SMILES string of the molecule is Cc1cc(C)cc(N(Cc2ccccc2F)C2=N[C@H]3CS(=O)(=O)C[C@@H]3S2)c1. The van der Waals surface area contributed by atoms with Gasteiger partial charge in [0.1, 0.15) is 5.82 Å². The predicted molar refractivity (Wildman–Crippen MR) is 110 cm³/mol. The second-order valence-electron chi connectivity index (χ2n) is 7.24. The van der Waals surface area contributed by atoms with Crippen molar-refractivity contribution in [2.45, 2.75) is 31.7 Å². The van der Waals surface area contributed by atoms with Gasteiger partial charge in [0.2, 0.25) is 0 Å². The van der Waals surface area contributed by atoms with Crippen LogP contribution in [-0.4, -0.2) is 36.4 Å². The van der Waals surface area contributed by atoms with E-state index in [0.717, 1.165) is 22.0 Å². The second-order valence-corrected chi connectivity index (χ2v) is 10.6. The summed E-state index contributed by atoms with van der Waals surface area (Å²) < 4.78 is 38.0. The van der Waals surface area contributed by atoms with Crippen molar-refractivity contribution in [2.75, 3.05) is 16.4 Å². The Morgan fingerprint density at radius 1 is 1.15 bits per heavy atom. The molecule has 0 spiro atoms. The zero-order chi connectivity index (χ0) is 19.2. The van der Waals surface area contributed by atoms with Gasteiger partial charge in [0.25, 0.3) is 0 Å². The first-order chi connectivity index (χ1) is 12.8. The van der Waals surface area contributed by atoms with Crippen molar-refractivity contribution in [2.24, 2.45) is 4.99 Å². The first-order valence-corrected chi connectivity index (χ1v) is 11.5. The van der Waals surface area contributed by atoms with Gasteiger partial charge in [0.05, 0.1) is 24.1 Å². The van der Waals surface area contributed by atoms with Crippen LogP contribution >= 0.6 is 11.8 Å². The summed E-state index contributed by atoms with van der Waals surface area (Å²) in [5, 5.41) is 0.729. The molecule has 0 N–H and O–H groups in total. The number of rotatable bonds is 3. The highest BCUT2D eigenvalue weighted by Gasteiger charge is 2.44. The van der Waals surface area contributed by atoms with E-state index in [1.54, 1.807) is 12.1 Å². The minimum Gasteiger partial charge on any atom is -0.317 e. The number of thioether (sulfide) groups is 1. The molecule has 7 heteroatoms. The van der Waals surface area contributed by atoms with Crippen LogP contribution in [0.1, 0.15) is 16.7 Å². The molecule has 142 valence electrons. The number of hydrogen-bond acceptors (Lipinski definition) is 5. The van der Waals surface area contributed by atoms with Gasteiger partial charge >= 0.3 is 0 Å². The molecule has 0 amide bonds. The molecule has 0 aliphatic carbocycles. The largest absolute Gasteiger partial charge is 0.317 e. The Labute approximate surface area is 163 Å². The highest BCUT2D eigenvalue weighted by molar-refractivity contribution is 8.15. The molecule has 1 saturated heterocycles. The number of nitrogens with zero attached hydrogens (tertiary/aromatic N) is 2. The molecule has 0 saturated carbocycles. The summed E-state index contributed by atoms with van der Waals surface area (Å²) in [5.74, 6) is 0.0165. The highest BCUT2D eigenvalue weighted by Crippen LogP contribution is 2.37. The fourth-order valence-electron chi connectivity index (χ4n) is 3.64. The molecule has 0 bridgehead atoms. The maximum atomic E-state index is 14.3. The minimum atomic E-state index is -3.00. The smallest absolute Gasteiger partial charge is 0.164 e. The third kappa shape index (κ3) is 3.89. The molecule has 0 radical (unpaired) electrons. The Kier molecular flexibility index (Phi) is 4.76. The number of sulfone groups is 1. The molecule has 0 unspecified atom stereocenters. The van der Waals surface area contributed by atoms with Gasteiger partial charge < -0.3 is 4.90 Å². The lowest BCUT2D eigenvalue weighted by atomic mass is 10.1. The molecule has 27 heavy (non-hydrogen) atoms. The third-order valence-corrected chi connectivity index (χ3v) is 8.09. The summed E-state index contributed by atoms with van der Waals surface area (Å²) in [5.41, 5.74) is 3.78. The van der Waals surface area contributed by atoms with E-state index in [0.29, 0.717) is 12.1 Å². The maximum Gasteiger partial charge on any atom is 0.164 e. The quantitative estimate of drug-likeness (QED) is 0.782. The summed E-state index contributed by atoms with van der Waals surface area (Å²) in [7, 11) is -3.00. The van der Waals surface area contributed by atoms with E-state index in [1.807, 2.05) is 24.8 Å². The maximum absolute atomic E-state index is 14.3. The third-order valence-electron chi connectivity index (χ3n) is 4.84. The van der Waals surface area contributed by atoms with Gasteiger partial charge in [-0.25, -0.2) is 12.8 Å². The van der Waals surface area contributed by atoms with Gasteiger partial charge in [-0.3, -0.25) is 4.99 Å². The van der Waals surface area contributed by atoms with Crippen molar-refractivity contribution in [3.63, 3.8) is 0 Å². The number of fused-ring (bicyclic) bond motifs is 1. The first kappa shape index (κ1) is 18.5. The van der Waals surface area contributed by atoms with Crippen molar-refractivity contribution in [3.8, 4) is 0 Å². The Morgan fingerprint density at radius 3 is 2.52 bits per heavy atom. The first-order valence-electron chi connectivity index (χ1n) is 8.85. The van der Waals surface area contributed by atoms with E-state index < -0.39 is 9.84 Å². The molecule has 2 atom stereocenters. The van der Waals surface area contributed by atoms with E-state index in [4.69, 9.17) is 4.99 Å². The molecule has 1 fully saturated rings. The van der Waals surface area contributed by atoms with Crippen molar-refractivity contribution in [3.05, 3.63) is 65.0 Å². The van der Waals surface area contributed by atoms with Gasteiger partial charge in [0.15, 0.2) is 15.0 Å². The summed E-state index contributed by atoms with van der Waals surface area (Å²) in [4.78, 5) is 6.72. The Balaban J connectivity index is 1.72. The van der Waals surface area contributed by atoms with Crippen LogP contribution in [0.3, 0.4) is 0 Å². The number of aryl methyl sites for hydroxylation is 2. The Bertz CT molecular complexity index is 1000.